The van der Waals surface area contributed by atoms with E-state index < -0.39 is 0 Å². The maximum absolute atomic E-state index is 12.5. The minimum Gasteiger partial charge on any atom is -0.336 e. The van der Waals surface area contributed by atoms with Crippen molar-refractivity contribution < 1.29 is 4.79 Å². The van der Waals surface area contributed by atoms with Gasteiger partial charge in [0.25, 0.3) is 5.91 Å². The van der Waals surface area contributed by atoms with Gasteiger partial charge in [-0.15, -0.1) is 23.7 Å². The van der Waals surface area contributed by atoms with Gasteiger partial charge in [-0.1, -0.05) is 6.92 Å². The predicted molar refractivity (Wildman–Crippen MR) is 85.9 cm³/mol. The summed E-state index contributed by atoms with van der Waals surface area (Å²) in [6, 6.07) is 2.30. The van der Waals surface area contributed by atoms with E-state index in [9.17, 15) is 4.79 Å². The average Bonchev–Trinajstić information content (AvgIpc) is 2.80. The number of thiophene rings is 1. The standard InChI is InChI=1S/C15H22N2OS.ClH/c1-10-4-5-13-11(7-10)8-14(19-13)15(18)17-6-2-3-12(16)9-17;/h8,10,12H,2-7,9,16H2,1H3;1H. The number of rotatable bonds is 1. The maximum atomic E-state index is 12.5. The van der Waals surface area contributed by atoms with Crippen molar-refractivity contribution in [2.24, 2.45) is 11.7 Å². The lowest BCUT2D eigenvalue weighted by molar-refractivity contribution is 0.0713. The van der Waals surface area contributed by atoms with Crippen molar-refractivity contribution in [1.82, 2.24) is 4.90 Å². The number of hydrogen-bond donors (Lipinski definition) is 1. The molecule has 20 heavy (non-hydrogen) atoms. The topological polar surface area (TPSA) is 46.3 Å². The Morgan fingerprint density at radius 1 is 1.45 bits per heavy atom. The van der Waals surface area contributed by atoms with Crippen molar-refractivity contribution in [3.8, 4) is 0 Å². The van der Waals surface area contributed by atoms with Gasteiger partial charge in [-0.05, 0) is 49.7 Å². The number of piperidine rings is 1. The normalized spacial score (nSPS) is 25.8. The maximum Gasteiger partial charge on any atom is 0.263 e. The summed E-state index contributed by atoms with van der Waals surface area (Å²) in [6.45, 7) is 3.88. The molecule has 0 saturated carbocycles. The largest absolute Gasteiger partial charge is 0.336 e. The molecule has 2 N–H and O–H groups in total. The van der Waals surface area contributed by atoms with Gasteiger partial charge in [-0.25, -0.2) is 0 Å². The first kappa shape index (κ1) is 15.8. The van der Waals surface area contributed by atoms with Gasteiger partial charge in [0.2, 0.25) is 0 Å². The number of carbonyl (C=O) groups is 1. The van der Waals surface area contributed by atoms with Crippen LogP contribution < -0.4 is 5.73 Å². The van der Waals surface area contributed by atoms with E-state index in [0.717, 1.165) is 49.6 Å². The molecule has 3 nitrogen and oxygen atoms in total. The van der Waals surface area contributed by atoms with Gasteiger partial charge >= 0.3 is 0 Å². The van der Waals surface area contributed by atoms with Crippen LogP contribution in [-0.2, 0) is 12.8 Å². The van der Waals surface area contributed by atoms with Gasteiger partial charge in [0.1, 0.15) is 0 Å². The van der Waals surface area contributed by atoms with Crippen LogP contribution >= 0.6 is 23.7 Å². The molecule has 1 aliphatic heterocycles. The summed E-state index contributed by atoms with van der Waals surface area (Å²) in [5.41, 5.74) is 7.38. The summed E-state index contributed by atoms with van der Waals surface area (Å²) in [4.78, 5) is 16.8. The van der Waals surface area contributed by atoms with Gasteiger partial charge in [-0.2, -0.15) is 0 Å². The van der Waals surface area contributed by atoms with Crippen LogP contribution in [0.25, 0.3) is 0 Å². The molecule has 1 saturated heterocycles. The van der Waals surface area contributed by atoms with E-state index in [1.807, 2.05) is 4.90 Å². The average molecular weight is 315 g/mol. The van der Waals surface area contributed by atoms with Crippen LogP contribution in [0.4, 0.5) is 0 Å². The molecule has 2 atom stereocenters. The zero-order valence-corrected chi connectivity index (χ0v) is 13.6. The van der Waals surface area contributed by atoms with E-state index >= 15 is 0 Å². The number of nitrogens with zero attached hydrogens (tertiary/aromatic N) is 1. The highest BCUT2D eigenvalue weighted by molar-refractivity contribution is 7.14. The second-order valence-electron chi connectivity index (χ2n) is 6.06. The lowest BCUT2D eigenvalue weighted by Gasteiger charge is -2.30. The molecule has 0 aromatic carbocycles. The van der Waals surface area contributed by atoms with Crippen LogP contribution in [0.5, 0.6) is 0 Å². The molecule has 2 heterocycles. The van der Waals surface area contributed by atoms with Crippen LogP contribution in [0, 0.1) is 5.92 Å². The fourth-order valence-corrected chi connectivity index (χ4v) is 4.34. The lowest BCUT2D eigenvalue weighted by Crippen LogP contribution is -2.45. The van der Waals surface area contributed by atoms with Crippen molar-refractivity contribution in [3.05, 3.63) is 21.4 Å². The van der Waals surface area contributed by atoms with E-state index in [1.54, 1.807) is 11.3 Å². The Hall–Kier alpha value is -0.580. The number of fused-ring (bicyclic) bond motifs is 1. The number of nitrogens with two attached hydrogens (primary N) is 1. The van der Waals surface area contributed by atoms with Crippen LogP contribution in [0.1, 0.15) is 46.3 Å². The minimum absolute atomic E-state index is 0. The Kier molecular flexibility index (Phi) is 5.10. The summed E-state index contributed by atoms with van der Waals surface area (Å²) in [7, 11) is 0. The van der Waals surface area contributed by atoms with Crippen LogP contribution in [0.3, 0.4) is 0 Å². The first-order valence-corrected chi connectivity index (χ1v) is 8.11. The molecule has 1 fully saturated rings. The number of carbonyl (C=O) groups excluding carboxylic acids is 1. The molecule has 1 amide bonds. The quantitative estimate of drug-likeness (QED) is 0.866. The Morgan fingerprint density at radius 2 is 2.25 bits per heavy atom. The highest BCUT2D eigenvalue weighted by atomic mass is 35.5. The molecule has 3 rings (SSSR count). The van der Waals surface area contributed by atoms with Gasteiger partial charge in [0, 0.05) is 24.0 Å². The summed E-state index contributed by atoms with van der Waals surface area (Å²) in [5, 5.41) is 0. The molecule has 5 heteroatoms. The third kappa shape index (κ3) is 3.18. The van der Waals surface area contributed by atoms with E-state index in [-0.39, 0.29) is 24.4 Å². The van der Waals surface area contributed by atoms with Gasteiger partial charge < -0.3 is 10.6 Å². The van der Waals surface area contributed by atoms with E-state index in [0.29, 0.717) is 0 Å². The lowest BCUT2D eigenvalue weighted by atomic mass is 9.90. The van der Waals surface area contributed by atoms with Gasteiger partial charge in [0.05, 0.1) is 4.88 Å². The molecule has 2 unspecified atom stereocenters. The van der Waals surface area contributed by atoms with Crippen LogP contribution in [-0.4, -0.2) is 29.9 Å². The molecule has 112 valence electrons. The van der Waals surface area contributed by atoms with Crippen molar-refractivity contribution in [2.75, 3.05) is 13.1 Å². The molecule has 0 spiro atoms. The number of likely N-dealkylation sites (tertiary alicyclic amines) is 1. The van der Waals surface area contributed by atoms with Gasteiger partial charge in [-0.3, -0.25) is 4.79 Å². The molecule has 1 aliphatic carbocycles. The fraction of sp³-hybridized carbons (Fsp3) is 0.667. The molecule has 0 radical (unpaired) electrons. The molecular weight excluding hydrogens is 292 g/mol. The summed E-state index contributed by atoms with van der Waals surface area (Å²) in [6.07, 6.45) is 5.62. The number of amides is 1. The van der Waals surface area contributed by atoms with Crippen LogP contribution in [0.15, 0.2) is 6.07 Å². The Bertz CT molecular complexity index is 488. The zero-order valence-electron chi connectivity index (χ0n) is 11.9. The van der Waals surface area contributed by atoms with Crippen LogP contribution in [0.2, 0.25) is 0 Å². The number of halogens is 1. The van der Waals surface area contributed by atoms with E-state index in [1.165, 1.54) is 16.9 Å². The second kappa shape index (κ2) is 6.46. The molecule has 1 aromatic heterocycles. The van der Waals surface area contributed by atoms with Crippen molar-refractivity contribution >= 4 is 29.7 Å². The SMILES string of the molecule is CC1CCc2sc(C(=O)N3CCCC(N)C3)cc2C1.Cl. The smallest absolute Gasteiger partial charge is 0.263 e. The monoisotopic (exact) mass is 314 g/mol. The molecular formula is C15H23ClN2OS. The first-order chi connectivity index (χ1) is 9.13. The third-order valence-electron chi connectivity index (χ3n) is 4.29. The summed E-state index contributed by atoms with van der Waals surface area (Å²) in [5.74, 6) is 0.954. The Labute approximate surface area is 130 Å². The van der Waals surface area contributed by atoms with Crippen molar-refractivity contribution in [2.45, 2.75) is 45.1 Å². The van der Waals surface area contributed by atoms with Crippen molar-refractivity contribution in [1.29, 1.82) is 0 Å². The molecule has 0 bridgehead atoms. The van der Waals surface area contributed by atoms with E-state index in [2.05, 4.69) is 13.0 Å². The third-order valence-corrected chi connectivity index (χ3v) is 5.51. The molecule has 1 aromatic rings. The van der Waals surface area contributed by atoms with Crippen molar-refractivity contribution in [3.63, 3.8) is 0 Å². The molecule has 2 aliphatic rings. The summed E-state index contributed by atoms with van der Waals surface area (Å²) >= 11 is 1.71. The highest BCUT2D eigenvalue weighted by Gasteiger charge is 2.26. The Balaban J connectivity index is 0.00000147. The zero-order chi connectivity index (χ0) is 13.4. The minimum atomic E-state index is 0. The van der Waals surface area contributed by atoms with Gasteiger partial charge in [0.15, 0.2) is 0 Å². The summed E-state index contributed by atoms with van der Waals surface area (Å²) < 4.78 is 0. The fourth-order valence-electron chi connectivity index (χ4n) is 3.16. The van der Waals surface area contributed by atoms with E-state index in [4.69, 9.17) is 5.73 Å². The number of hydrogen-bond acceptors (Lipinski definition) is 3. The number of aryl methyl sites for hydroxylation is 1. The second-order valence-corrected chi connectivity index (χ2v) is 7.20. The predicted octanol–water partition coefficient (Wildman–Crippen LogP) is 2.86. The Morgan fingerprint density at radius 3 is 3.00 bits per heavy atom. The first-order valence-electron chi connectivity index (χ1n) is 7.30. The highest BCUT2D eigenvalue weighted by Crippen LogP contribution is 2.33.